The first kappa shape index (κ1) is 22.4. The molecule has 7 nitrogen and oxygen atoms in total. The van der Waals surface area contributed by atoms with Gasteiger partial charge in [0.15, 0.2) is 0 Å². The van der Waals surface area contributed by atoms with E-state index in [1.54, 1.807) is 0 Å². The topological polar surface area (TPSA) is 95.9 Å². The number of hydrogen-bond acceptors (Lipinski definition) is 4. The summed E-state index contributed by atoms with van der Waals surface area (Å²) in [7, 11) is 0. The van der Waals surface area contributed by atoms with Crippen LogP contribution in [0.25, 0.3) is 11.1 Å². The second-order valence-electron chi connectivity index (χ2n) is 9.49. The fraction of sp³-hybridized carbons (Fsp3) is 0.444. The van der Waals surface area contributed by atoms with Crippen molar-refractivity contribution in [3.8, 4) is 11.1 Å². The standard InChI is InChI=1S/C27H30N2O5/c30-25(29-17-12-13-24(29)22(15-17)26(31)32)11-5-6-14-28-27(33)34-16-23-20-9-3-1-7-18(20)19-8-2-4-10-21(19)23/h1-4,7-10,17,22-24H,5-6,11-16H2,(H,28,33)(H,31,32)/t17-,22+,24+/m1/s1. The number of nitrogens with zero attached hydrogens (tertiary/aromatic N) is 1. The quantitative estimate of drug-likeness (QED) is 0.575. The average Bonchev–Trinajstić information content (AvgIpc) is 3.52. The molecule has 0 spiro atoms. The second kappa shape index (κ2) is 9.49. The Kier molecular flexibility index (Phi) is 6.26. The van der Waals surface area contributed by atoms with Gasteiger partial charge in [-0.05, 0) is 54.4 Å². The molecule has 2 amide bonds. The van der Waals surface area contributed by atoms with Gasteiger partial charge in [-0.1, -0.05) is 48.5 Å². The van der Waals surface area contributed by atoms with E-state index in [1.165, 1.54) is 22.3 Å². The first-order valence-electron chi connectivity index (χ1n) is 12.2. The summed E-state index contributed by atoms with van der Waals surface area (Å²) in [6, 6.07) is 16.4. The van der Waals surface area contributed by atoms with Gasteiger partial charge in [-0.15, -0.1) is 0 Å². The van der Waals surface area contributed by atoms with Gasteiger partial charge in [-0.25, -0.2) is 4.79 Å². The number of aliphatic carboxylic acids is 1. The van der Waals surface area contributed by atoms with Crippen LogP contribution in [0.2, 0.25) is 0 Å². The van der Waals surface area contributed by atoms with Crippen LogP contribution in [0.1, 0.15) is 55.6 Å². The number of fused-ring (bicyclic) bond motifs is 5. The van der Waals surface area contributed by atoms with Crippen molar-refractivity contribution in [1.82, 2.24) is 10.2 Å². The fourth-order valence-electron chi connectivity index (χ4n) is 6.01. The molecule has 2 aromatic carbocycles. The number of carbonyl (C=O) groups excluding carboxylic acids is 2. The predicted molar refractivity (Wildman–Crippen MR) is 126 cm³/mol. The summed E-state index contributed by atoms with van der Waals surface area (Å²) >= 11 is 0. The van der Waals surface area contributed by atoms with Gasteiger partial charge in [0, 0.05) is 31.0 Å². The molecule has 2 aromatic rings. The van der Waals surface area contributed by atoms with E-state index in [9.17, 15) is 19.5 Å². The number of nitrogens with one attached hydrogen (secondary N) is 1. The molecule has 7 heteroatoms. The van der Waals surface area contributed by atoms with Crippen molar-refractivity contribution < 1.29 is 24.2 Å². The second-order valence-corrected chi connectivity index (χ2v) is 9.49. The van der Waals surface area contributed by atoms with Gasteiger partial charge in [0.1, 0.15) is 6.61 Å². The minimum Gasteiger partial charge on any atom is -0.481 e. The number of carboxylic acids is 1. The Bertz CT molecular complexity index is 1050. The maximum absolute atomic E-state index is 12.6. The lowest BCUT2D eigenvalue weighted by atomic mass is 9.89. The Labute approximate surface area is 199 Å². The van der Waals surface area contributed by atoms with E-state index in [0.29, 0.717) is 32.2 Å². The van der Waals surface area contributed by atoms with Gasteiger partial charge in [-0.3, -0.25) is 9.59 Å². The molecule has 5 rings (SSSR count). The number of alkyl carbamates (subject to hydrolysis) is 1. The smallest absolute Gasteiger partial charge is 0.407 e. The molecule has 2 heterocycles. The molecular weight excluding hydrogens is 432 g/mol. The zero-order valence-electron chi connectivity index (χ0n) is 19.1. The molecule has 3 aliphatic rings. The molecule has 2 saturated heterocycles. The van der Waals surface area contributed by atoms with E-state index in [1.807, 2.05) is 29.2 Å². The van der Waals surface area contributed by atoms with Crippen molar-refractivity contribution >= 4 is 18.0 Å². The third-order valence-electron chi connectivity index (χ3n) is 7.57. The Balaban J connectivity index is 1.04. The van der Waals surface area contributed by atoms with E-state index < -0.39 is 18.0 Å². The molecule has 34 heavy (non-hydrogen) atoms. The lowest BCUT2D eigenvalue weighted by molar-refractivity contribution is -0.143. The highest BCUT2D eigenvalue weighted by molar-refractivity contribution is 5.81. The Morgan fingerprint density at radius 3 is 2.29 bits per heavy atom. The SMILES string of the molecule is O=C(NCCCCC(=O)N1[C@@H]2CC[C@H]1[C@@H](C(=O)O)C2)OCC1c2ccccc2-c2ccccc21. The number of unbranched alkanes of at least 4 members (excludes halogenated alkanes) is 1. The van der Waals surface area contributed by atoms with Gasteiger partial charge >= 0.3 is 12.1 Å². The maximum Gasteiger partial charge on any atom is 0.407 e. The molecule has 0 aromatic heterocycles. The number of benzene rings is 2. The molecule has 3 atom stereocenters. The van der Waals surface area contributed by atoms with Crippen molar-refractivity contribution in [1.29, 1.82) is 0 Å². The average molecular weight is 463 g/mol. The van der Waals surface area contributed by atoms with Crippen LogP contribution in [-0.4, -0.2) is 53.2 Å². The molecule has 0 radical (unpaired) electrons. The third kappa shape index (κ3) is 4.15. The highest BCUT2D eigenvalue weighted by Gasteiger charge is 2.50. The predicted octanol–water partition coefficient (Wildman–Crippen LogP) is 4.16. The summed E-state index contributed by atoms with van der Waals surface area (Å²) in [5.74, 6) is -1.14. The van der Waals surface area contributed by atoms with Crippen LogP contribution < -0.4 is 5.32 Å². The number of amides is 2. The van der Waals surface area contributed by atoms with Crippen molar-refractivity contribution in [2.45, 2.75) is 56.5 Å². The molecule has 2 N–H and O–H groups in total. The van der Waals surface area contributed by atoms with Crippen molar-refractivity contribution in [3.05, 3.63) is 59.7 Å². The number of ether oxygens (including phenoxy) is 1. The molecule has 2 aliphatic heterocycles. The molecular formula is C27H30N2O5. The van der Waals surface area contributed by atoms with Crippen molar-refractivity contribution in [3.63, 3.8) is 0 Å². The summed E-state index contributed by atoms with van der Waals surface area (Å²) in [5.41, 5.74) is 4.74. The summed E-state index contributed by atoms with van der Waals surface area (Å²) in [6.45, 7) is 0.718. The summed E-state index contributed by atoms with van der Waals surface area (Å²) < 4.78 is 5.54. The van der Waals surface area contributed by atoms with Crippen LogP contribution in [0.15, 0.2) is 48.5 Å². The Hall–Kier alpha value is -3.35. The molecule has 2 fully saturated rings. The van der Waals surface area contributed by atoms with Crippen LogP contribution in [0.3, 0.4) is 0 Å². The maximum atomic E-state index is 12.6. The number of carboxylic acid groups (broad SMARTS) is 1. The van der Waals surface area contributed by atoms with Gasteiger partial charge in [-0.2, -0.15) is 0 Å². The highest BCUT2D eigenvalue weighted by atomic mass is 16.5. The van der Waals surface area contributed by atoms with E-state index in [2.05, 4.69) is 29.6 Å². The van der Waals surface area contributed by atoms with Crippen molar-refractivity contribution in [2.24, 2.45) is 5.92 Å². The number of hydrogen-bond donors (Lipinski definition) is 2. The lowest BCUT2D eigenvalue weighted by Gasteiger charge is -2.23. The molecule has 178 valence electrons. The lowest BCUT2D eigenvalue weighted by Crippen LogP contribution is -2.37. The molecule has 1 aliphatic carbocycles. The van der Waals surface area contributed by atoms with Crippen LogP contribution >= 0.6 is 0 Å². The summed E-state index contributed by atoms with van der Waals surface area (Å²) in [6.07, 6.45) is 3.52. The first-order chi connectivity index (χ1) is 16.5. The Morgan fingerprint density at radius 2 is 1.65 bits per heavy atom. The van der Waals surface area contributed by atoms with E-state index >= 15 is 0 Å². The largest absolute Gasteiger partial charge is 0.481 e. The van der Waals surface area contributed by atoms with Crippen LogP contribution in [0, 0.1) is 5.92 Å². The third-order valence-corrected chi connectivity index (χ3v) is 7.57. The van der Waals surface area contributed by atoms with Gasteiger partial charge in [0.2, 0.25) is 5.91 Å². The minimum atomic E-state index is -0.794. The molecule has 0 saturated carbocycles. The zero-order chi connectivity index (χ0) is 23.7. The minimum absolute atomic E-state index is 0.0289. The van der Waals surface area contributed by atoms with Crippen LogP contribution in [-0.2, 0) is 14.3 Å². The van der Waals surface area contributed by atoms with Gasteiger partial charge in [0.25, 0.3) is 0 Å². The van der Waals surface area contributed by atoms with Gasteiger partial charge < -0.3 is 20.1 Å². The molecule has 0 unspecified atom stereocenters. The molecule has 2 bridgehead atoms. The normalized spacial score (nSPS) is 22.4. The fourth-order valence-corrected chi connectivity index (χ4v) is 6.01. The van der Waals surface area contributed by atoms with Crippen molar-refractivity contribution in [2.75, 3.05) is 13.2 Å². The number of carbonyl (C=O) groups is 3. The highest BCUT2D eigenvalue weighted by Crippen LogP contribution is 2.44. The van der Waals surface area contributed by atoms with Crippen LogP contribution in [0.4, 0.5) is 4.79 Å². The van der Waals surface area contributed by atoms with Gasteiger partial charge in [0.05, 0.1) is 5.92 Å². The van der Waals surface area contributed by atoms with Crippen LogP contribution in [0.5, 0.6) is 0 Å². The van der Waals surface area contributed by atoms with E-state index in [4.69, 9.17) is 4.74 Å². The monoisotopic (exact) mass is 462 g/mol. The van der Waals surface area contributed by atoms with E-state index in [-0.39, 0.29) is 30.5 Å². The Morgan fingerprint density at radius 1 is 0.971 bits per heavy atom. The number of rotatable bonds is 8. The summed E-state index contributed by atoms with van der Waals surface area (Å²) in [4.78, 5) is 38.1. The summed E-state index contributed by atoms with van der Waals surface area (Å²) in [5, 5.41) is 12.1. The van der Waals surface area contributed by atoms with E-state index in [0.717, 1.165) is 12.8 Å². The first-order valence-corrected chi connectivity index (χ1v) is 12.2. The zero-order valence-corrected chi connectivity index (χ0v) is 19.1.